The lowest BCUT2D eigenvalue weighted by Gasteiger charge is -2.31. The maximum atomic E-state index is 12.4. The fourth-order valence-electron chi connectivity index (χ4n) is 3.34. The summed E-state index contributed by atoms with van der Waals surface area (Å²) < 4.78 is 7.52. The molecule has 2 aliphatic rings. The molecule has 7 heteroatoms. The summed E-state index contributed by atoms with van der Waals surface area (Å²) in [5.74, 6) is 1.20. The first kappa shape index (κ1) is 16.6. The van der Waals surface area contributed by atoms with Crippen molar-refractivity contribution in [3.05, 3.63) is 50.7 Å². The highest BCUT2D eigenvalue weighted by Gasteiger charge is 2.28. The van der Waals surface area contributed by atoms with E-state index in [2.05, 4.69) is 21.0 Å². The Hall–Kier alpha value is -1.89. The SMILES string of the molecule is O=C(c1ccc(Br)o1)N1CCC(Cn2nc(C3CC3)ccc2=O)CC1. The monoisotopic (exact) mass is 405 g/mol. The van der Waals surface area contributed by atoms with Crippen molar-refractivity contribution in [3.8, 4) is 0 Å². The molecule has 1 aliphatic carbocycles. The summed E-state index contributed by atoms with van der Waals surface area (Å²) in [7, 11) is 0. The molecule has 25 heavy (non-hydrogen) atoms. The summed E-state index contributed by atoms with van der Waals surface area (Å²) in [6, 6.07) is 6.91. The van der Waals surface area contributed by atoms with Crippen LogP contribution < -0.4 is 5.56 Å². The summed E-state index contributed by atoms with van der Waals surface area (Å²) in [5.41, 5.74) is 0.999. The van der Waals surface area contributed by atoms with E-state index in [-0.39, 0.29) is 11.5 Å². The Morgan fingerprint density at radius 1 is 1.16 bits per heavy atom. The van der Waals surface area contributed by atoms with Crippen LogP contribution in [-0.4, -0.2) is 33.7 Å². The summed E-state index contributed by atoms with van der Waals surface area (Å²) in [4.78, 5) is 26.3. The first-order valence-electron chi connectivity index (χ1n) is 8.73. The Morgan fingerprint density at radius 2 is 1.92 bits per heavy atom. The number of amides is 1. The van der Waals surface area contributed by atoms with Gasteiger partial charge in [0, 0.05) is 31.6 Å². The maximum absolute atomic E-state index is 12.4. The summed E-state index contributed by atoms with van der Waals surface area (Å²) in [5, 5.41) is 4.54. The Bertz CT molecular complexity index is 832. The number of carbonyl (C=O) groups is 1. The molecule has 0 aromatic carbocycles. The van der Waals surface area contributed by atoms with E-state index < -0.39 is 0 Å². The van der Waals surface area contributed by atoms with Gasteiger partial charge in [-0.05, 0) is 65.7 Å². The summed E-state index contributed by atoms with van der Waals surface area (Å²) >= 11 is 3.22. The molecule has 2 fully saturated rings. The molecule has 0 atom stereocenters. The van der Waals surface area contributed by atoms with Gasteiger partial charge in [0.25, 0.3) is 11.5 Å². The van der Waals surface area contributed by atoms with Gasteiger partial charge in [0.2, 0.25) is 0 Å². The number of furan rings is 1. The number of likely N-dealkylation sites (tertiary alicyclic amines) is 1. The number of rotatable bonds is 4. The molecule has 1 aliphatic heterocycles. The smallest absolute Gasteiger partial charge is 0.289 e. The molecule has 0 radical (unpaired) electrons. The molecular formula is C18H20BrN3O3. The fraction of sp³-hybridized carbons (Fsp3) is 0.500. The topological polar surface area (TPSA) is 68.3 Å². The van der Waals surface area contributed by atoms with Crippen molar-refractivity contribution < 1.29 is 9.21 Å². The number of hydrogen-bond donors (Lipinski definition) is 0. The second-order valence-electron chi connectivity index (χ2n) is 6.89. The van der Waals surface area contributed by atoms with Crippen LogP contribution in [0.1, 0.15) is 47.8 Å². The average Bonchev–Trinajstić information content (AvgIpc) is 3.38. The predicted molar refractivity (Wildman–Crippen MR) is 95.5 cm³/mol. The summed E-state index contributed by atoms with van der Waals surface area (Å²) in [6.45, 7) is 1.99. The van der Waals surface area contributed by atoms with E-state index in [9.17, 15) is 9.59 Å². The maximum Gasteiger partial charge on any atom is 0.289 e. The van der Waals surface area contributed by atoms with E-state index in [4.69, 9.17) is 4.42 Å². The lowest BCUT2D eigenvalue weighted by atomic mass is 9.96. The third kappa shape index (κ3) is 3.71. The molecule has 2 aromatic heterocycles. The molecule has 0 spiro atoms. The van der Waals surface area contributed by atoms with Gasteiger partial charge in [0.1, 0.15) is 0 Å². The minimum absolute atomic E-state index is 0.0386. The second kappa shape index (κ2) is 6.78. The van der Waals surface area contributed by atoms with Crippen LogP contribution in [0.5, 0.6) is 0 Å². The van der Waals surface area contributed by atoms with E-state index in [1.807, 2.05) is 11.0 Å². The van der Waals surface area contributed by atoms with Gasteiger partial charge in [-0.25, -0.2) is 4.68 Å². The van der Waals surface area contributed by atoms with Gasteiger partial charge in [-0.15, -0.1) is 0 Å². The van der Waals surface area contributed by atoms with Crippen molar-refractivity contribution in [2.45, 2.75) is 38.1 Å². The molecule has 1 amide bonds. The third-order valence-corrected chi connectivity index (χ3v) is 5.43. The molecule has 0 bridgehead atoms. The van der Waals surface area contributed by atoms with Crippen molar-refractivity contribution in [2.75, 3.05) is 13.1 Å². The standard InChI is InChI=1S/C18H20BrN3O3/c19-16-5-4-15(25-16)18(24)21-9-7-12(8-10-21)11-22-17(23)6-3-14(20-22)13-1-2-13/h3-6,12-13H,1-2,7-11H2. The minimum atomic E-state index is -0.0739. The largest absolute Gasteiger partial charge is 0.444 e. The quantitative estimate of drug-likeness (QED) is 0.783. The highest BCUT2D eigenvalue weighted by atomic mass is 79.9. The van der Waals surface area contributed by atoms with Crippen molar-refractivity contribution in [3.63, 3.8) is 0 Å². The van der Waals surface area contributed by atoms with Gasteiger partial charge in [-0.1, -0.05) is 0 Å². The average molecular weight is 406 g/mol. The molecule has 0 N–H and O–H groups in total. The van der Waals surface area contributed by atoms with Crippen LogP contribution in [0.4, 0.5) is 0 Å². The Morgan fingerprint density at radius 3 is 2.56 bits per heavy atom. The lowest BCUT2D eigenvalue weighted by molar-refractivity contribution is 0.0647. The third-order valence-electron chi connectivity index (χ3n) is 5.00. The number of nitrogens with zero attached hydrogens (tertiary/aromatic N) is 3. The summed E-state index contributed by atoms with van der Waals surface area (Å²) in [6.07, 6.45) is 4.09. The molecule has 132 valence electrons. The van der Waals surface area contributed by atoms with Crippen LogP contribution in [0.3, 0.4) is 0 Å². The Labute approximate surface area is 153 Å². The molecule has 1 saturated carbocycles. The van der Waals surface area contributed by atoms with E-state index >= 15 is 0 Å². The van der Waals surface area contributed by atoms with Gasteiger partial charge in [0.15, 0.2) is 10.4 Å². The van der Waals surface area contributed by atoms with Gasteiger partial charge in [0.05, 0.1) is 5.69 Å². The molecule has 0 unspecified atom stereocenters. The van der Waals surface area contributed by atoms with Crippen LogP contribution in [-0.2, 0) is 6.54 Å². The molecule has 2 aromatic rings. The molecular weight excluding hydrogens is 386 g/mol. The fourth-order valence-corrected chi connectivity index (χ4v) is 3.65. The van der Waals surface area contributed by atoms with Crippen molar-refractivity contribution in [1.82, 2.24) is 14.7 Å². The Balaban J connectivity index is 1.37. The highest BCUT2D eigenvalue weighted by Crippen LogP contribution is 2.38. The van der Waals surface area contributed by atoms with Gasteiger partial charge < -0.3 is 9.32 Å². The zero-order chi connectivity index (χ0) is 17.4. The molecule has 4 rings (SSSR count). The van der Waals surface area contributed by atoms with Crippen LogP contribution in [0.2, 0.25) is 0 Å². The normalized spacial score (nSPS) is 18.5. The number of halogens is 1. The van der Waals surface area contributed by atoms with Crippen LogP contribution in [0.25, 0.3) is 0 Å². The van der Waals surface area contributed by atoms with E-state index in [1.165, 1.54) is 12.8 Å². The number of piperidine rings is 1. The second-order valence-corrected chi connectivity index (χ2v) is 7.67. The van der Waals surface area contributed by atoms with Crippen LogP contribution in [0.15, 0.2) is 38.1 Å². The van der Waals surface area contributed by atoms with E-state index in [0.29, 0.717) is 41.9 Å². The van der Waals surface area contributed by atoms with E-state index in [0.717, 1.165) is 18.5 Å². The highest BCUT2D eigenvalue weighted by molar-refractivity contribution is 9.10. The first-order valence-corrected chi connectivity index (χ1v) is 9.52. The van der Waals surface area contributed by atoms with Gasteiger partial charge in [-0.2, -0.15) is 5.10 Å². The molecule has 6 nitrogen and oxygen atoms in total. The van der Waals surface area contributed by atoms with Gasteiger partial charge in [-0.3, -0.25) is 9.59 Å². The van der Waals surface area contributed by atoms with E-state index in [1.54, 1.807) is 22.9 Å². The zero-order valence-corrected chi connectivity index (χ0v) is 15.4. The van der Waals surface area contributed by atoms with Crippen molar-refractivity contribution in [1.29, 1.82) is 0 Å². The first-order chi connectivity index (χ1) is 12.1. The number of aromatic nitrogens is 2. The minimum Gasteiger partial charge on any atom is -0.444 e. The van der Waals surface area contributed by atoms with Crippen LogP contribution in [0, 0.1) is 5.92 Å². The zero-order valence-electron chi connectivity index (χ0n) is 13.9. The number of carbonyl (C=O) groups excluding carboxylic acids is 1. The molecule has 3 heterocycles. The predicted octanol–water partition coefficient (Wildman–Crippen LogP) is 3.03. The molecule has 1 saturated heterocycles. The van der Waals surface area contributed by atoms with Crippen molar-refractivity contribution in [2.24, 2.45) is 5.92 Å². The van der Waals surface area contributed by atoms with Crippen LogP contribution >= 0.6 is 15.9 Å². The van der Waals surface area contributed by atoms with Gasteiger partial charge >= 0.3 is 0 Å². The Kier molecular flexibility index (Phi) is 4.50. The lowest BCUT2D eigenvalue weighted by Crippen LogP contribution is -2.40. The van der Waals surface area contributed by atoms with Crippen molar-refractivity contribution >= 4 is 21.8 Å². The number of hydrogen-bond acceptors (Lipinski definition) is 4.